The average Bonchev–Trinajstić information content (AvgIpc) is 2.94. The number of hydrogen-bond donors (Lipinski definition) is 1. The summed E-state index contributed by atoms with van der Waals surface area (Å²) in [5.41, 5.74) is 1.77. The third kappa shape index (κ3) is 4.53. The molecule has 2 heterocycles. The van der Waals surface area contributed by atoms with Crippen LogP contribution >= 0.6 is 0 Å². The molecule has 0 radical (unpaired) electrons. The van der Waals surface area contributed by atoms with Gasteiger partial charge in [-0.1, -0.05) is 6.92 Å². The largest absolute Gasteiger partial charge is 0.474 e. The fraction of sp³-hybridized carbons (Fsp3) is 0.533. The van der Waals surface area contributed by atoms with E-state index in [1.54, 1.807) is 12.4 Å². The van der Waals surface area contributed by atoms with Crippen molar-refractivity contribution < 1.29 is 4.74 Å². The zero-order valence-electron chi connectivity index (χ0n) is 13.1. The zero-order valence-corrected chi connectivity index (χ0v) is 13.1. The number of H-pyrrole nitrogens is 1. The number of aryl methyl sites for hydroxylation is 1. The Kier molecular flexibility index (Phi) is 5.27. The average molecular weight is 289 g/mol. The lowest BCUT2D eigenvalue weighted by Gasteiger charge is -2.17. The summed E-state index contributed by atoms with van der Waals surface area (Å²) in [5.74, 6) is 1.36. The maximum Gasteiger partial charge on any atom is 0.233 e. The van der Waals surface area contributed by atoms with E-state index >= 15 is 0 Å². The standard InChI is InChI=1S/C15H23N5O/c1-5-20(4)7-6-11(2)21-15-8-14(18-19-15)13-9-16-12(3)17-10-13/h8-11H,5-7H2,1-4H3,(H,18,19). The Balaban J connectivity index is 1.92. The first-order valence-corrected chi connectivity index (χ1v) is 7.28. The van der Waals surface area contributed by atoms with Crippen LogP contribution in [-0.4, -0.2) is 51.3 Å². The highest BCUT2D eigenvalue weighted by molar-refractivity contribution is 5.57. The van der Waals surface area contributed by atoms with Crippen molar-refractivity contribution in [2.75, 3.05) is 20.1 Å². The van der Waals surface area contributed by atoms with Crippen LogP contribution in [0, 0.1) is 6.92 Å². The fourth-order valence-corrected chi connectivity index (χ4v) is 1.87. The Labute approximate surface area is 125 Å². The molecule has 6 heteroatoms. The van der Waals surface area contributed by atoms with Crippen molar-refractivity contribution in [3.8, 4) is 17.1 Å². The normalized spacial score (nSPS) is 12.6. The highest BCUT2D eigenvalue weighted by Gasteiger charge is 2.10. The van der Waals surface area contributed by atoms with Crippen molar-refractivity contribution in [3.63, 3.8) is 0 Å². The molecule has 1 unspecified atom stereocenters. The van der Waals surface area contributed by atoms with Gasteiger partial charge in [0, 0.05) is 30.6 Å². The van der Waals surface area contributed by atoms with E-state index in [9.17, 15) is 0 Å². The lowest BCUT2D eigenvalue weighted by Crippen LogP contribution is -2.24. The second-order valence-electron chi connectivity index (χ2n) is 5.25. The molecule has 0 saturated heterocycles. The molecule has 21 heavy (non-hydrogen) atoms. The molecule has 0 aliphatic rings. The predicted molar refractivity (Wildman–Crippen MR) is 82.2 cm³/mol. The molecule has 2 aromatic heterocycles. The monoisotopic (exact) mass is 289 g/mol. The number of rotatable bonds is 7. The molecule has 1 N–H and O–H groups in total. The summed E-state index contributed by atoms with van der Waals surface area (Å²) in [6.45, 7) is 8.13. The van der Waals surface area contributed by atoms with Crippen molar-refractivity contribution in [2.24, 2.45) is 0 Å². The van der Waals surface area contributed by atoms with E-state index in [-0.39, 0.29) is 6.10 Å². The summed E-state index contributed by atoms with van der Waals surface area (Å²) < 4.78 is 5.83. The van der Waals surface area contributed by atoms with E-state index in [4.69, 9.17) is 4.74 Å². The highest BCUT2D eigenvalue weighted by atomic mass is 16.5. The summed E-state index contributed by atoms with van der Waals surface area (Å²) in [6.07, 6.45) is 4.66. The molecule has 0 bridgehead atoms. The van der Waals surface area contributed by atoms with Gasteiger partial charge in [-0.25, -0.2) is 9.97 Å². The second kappa shape index (κ2) is 7.17. The summed E-state index contributed by atoms with van der Waals surface area (Å²) in [5, 5.41) is 7.14. The van der Waals surface area contributed by atoms with Gasteiger partial charge in [0.25, 0.3) is 0 Å². The van der Waals surface area contributed by atoms with Gasteiger partial charge in [0.1, 0.15) is 5.82 Å². The predicted octanol–water partition coefficient (Wildman–Crippen LogP) is 2.28. The van der Waals surface area contributed by atoms with E-state index in [1.807, 2.05) is 13.0 Å². The number of nitrogens with zero attached hydrogens (tertiary/aromatic N) is 4. The quantitative estimate of drug-likeness (QED) is 0.847. The van der Waals surface area contributed by atoms with Crippen molar-refractivity contribution >= 4 is 0 Å². The first kappa shape index (κ1) is 15.4. The van der Waals surface area contributed by atoms with Crippen molar-refractivity contribution in [1.82, 2.24) is 25.1 Å². The van der Waals surface area contributed by atoms with Gasteiger partial charge in [0.2, 0.25) is 5.88 Å². The Morgan fingerprint density at radius 2 is 2.05 bits per heavy atom. The van der Waals surface area contributed by atoms with E-state index < -0.39 is 0 Å². The van der Waals surface area contributed by atoms with Crippen LogP contribution in [0.2, 0.25) is 0 Å². The van der Waals surface area contributed by atoms with Gasteiger partial charge in [-0.05, 0) is 33.9 Å². The Morgan fingerprint density at radius 1 is 1.33 bits per heavy atom. The molecule has 0 saturated carbocycles. The minimum atomic E-state index is 0.129. The Morgan fingerprint density at radius 3 is 2.71 bits per heavy atom. The van der Waals surface area contributed by atoms with Gasteiger partial charge in [0.05, 0.1) is 11.8 Å². The van der Waals surface area contributed by atoms with E-state index in [2.05, 4.69) is 46.0 Å². The van der Waals surface area contributed by atoms with Crippen LogP contribution in [0.4, 0.5) is 0 Å². The van der Waals surface area contributed by atoms with Crippen LogP contribution in [0.3, 0.4) is 0 Å². The van der Waals surface area contributed by atoms with Gasteiger partial charge < -0.3 is 9.64 Å². The molecule has 2 aromatic rings. The summed E-state index contributed by atoms with van der Waals surface area (Å²) >= 11 is 0. The van der Waals surface area contributed by atoms with E-state index in [0.717, 1.165) is 36.6 Å². The van der Waals surface area contributed by atoms with Gasteiger partial charge in [-0.2, -0.15) is 0 Å². The Bertz CT molecular complexity index is 551. The molecule has 2 rings (SSSR count). The zero-order chi connectivity index (χ0) is 15.2. The summed E-state index contributed by atoms with van der Waals surface area (Å²) in [7, 11) is 2.11. The number of ether oxygens (including phenoxy) is 1. The van der Waals surface area contributed by atoms with Crippen LogP contribution < -0.4 is 4.74 Å². The van der Waals surface area contributed by atoms with Crippen LogP contribution in [0.15, 0.2) is 18.5 Å². The number of aromatic amines is 1. The molecule has 114 valence electrons. The second-order valence-corrected chi connectivity index (χ2v) is 5.25. The van der Waals surface area contributed by atoms with E-state index in [0.29, 0.717) is 5.88 Å². The third-order valence-electron chi connectivity index (χ3n) is 3.43. The molecular weight excluding hydrogens is 266 g/mol. The molecule has 0 amide bonds. The van der Waals surface area contributed by atoms with Gasteiger partial charge >= 0.3 is 0 Å². The SMILES string of the molecule is CCN(C)CCC(C)Oc1cc(-c2cnc(C)nc2)[nH]n1. The molecule has 0 aromatic carbocycles. The number of nitrogens with one attached hydrogen (secondary N) is 1. The van der Waals surface area contributed by atoms with E-state index in [1.165, 1.54) is 0 Å². The first-order chi connectivity index (χ1) is 10.1. The van der Waals surface area contributed by atoms with Crippen LogP contribution in [0.25, 0.3) is 11.3 Å². The van der Waals surface area contributed by atoms with Gasteiger partial charge in [-0.3, -0.25) is 5.10 Å². The van der Waals surface area contributed by atoms with Crippen molar-refractivity contribution in [1.29, 1.82) is 0 Å². The number of aromatic nitrogens is 4. The van der Waals surface area contributed by atoms with Crippen molar-refractivity contribution in [3.05, 3.63) is 24.3 Å². The number of hydrogen-bond acceptors (Lipinski definition) is 5. The molecule has 0 spiro atoms. The lowest BCUT2D eigenvalue weighted by molar-refractivity contribution is 0.182. The van der Waals surface area contributed by atoms with Crippen LogP contribution in [0.5, 0.6) is 5.88 Å². The summed E-state index contributed by atoms with van der Waals surface area (Å²) in [4.78, 5) is 10.6. The maximum atomic E-state index is 5.83. The smallest absolute Gasteiger partial charge is 0.233 e. The minimum Gasteiger partial charge on any atom is -0.474 e. The molecule has 0 fully saturated rings. The molecule has 0 aliphatic carbocycles. The first-order valence-electron chi connectivity index (χ1n) is 7.28. The topological polar surface area (TPSA) is 66.9 Å². The fourth-order valence-electron chi connectivity index (χ4n) is 1.87. The Hall–Kier alpha value is -1.95. The summed E-state index contributed by atoms with van der Waals surface area (Å²) in [6, 6.07) is 1.88. The van der Waals surface area contributed by atoms with Crippen molar-refractivity contribution in [2.45, 2.75) is 33.3 Å². The molecule has 1 atom stereocenters. The molecular formula is C15H23N5O. The van der Waals surface area contributed by atoms with Gasteiger partial charge in [-0.15, -0.1) is 5.10 Å². The van der Waals surface area contributed by atoms with Gasteiger partial charge in [0.15, 0.2) is 0 Å². The molecule has 0 aliphatic heterocycles. The molecule has 6 nitrogen and oxygen atoms in total. The van der Waals surface area contributed by atoms with Crippen LogP contribution in [-0.2, 0) is 0 Å². The maximum absolute atomic E-state index is 5.83. The highest BCUT2D eigenvalue weighted by Crippen LogP contribution is 2.20. The third-order valence-corrected chi connectivity index (χ3v) is 3.43. The lowest BCUT2D eigenvalue weighted by atomic mass is 10.2. The van der Waals surface area contributed by atoms with Crippen LogP contribution in [0.1, 0.15) is 26.1 Å². The minimum absolute atomic E-state index is 0.129.